The van der Waals surface area contributed by atoms with Gasteiger partial charge in [0.15, 0.2) is 0 Å². The Morgan fingerprint density at radius 3 is 2.07 bits per heavy atom. The van der Waals surface area contributed by atoms with Crippen molar-refractivity contribution in [2.75, 3.05) is 38.7 Å². The predicted octanol–water partition coefficient (Wildman–Crippen LogP) is -0.712. The molecule has 4 nitrogen and oxygen atoms in total. The molecule has 0 heterocycles. The van der Waals surface area contributed by atoms with Gasteiger partial charge in [0.25, 0.3) is 0 Å². The Bertz CT molecular complexity index is 175. The Labute approximate surface area is 104 Å². The first-order valence-electron chi connectivity index (χ1n) is 5.04. The predicted molar refractivity (Wildman–Crippen MR) is 74.0 cm³/mol. The quantitative estimate of drug-likeness (QED) is 0.255. The van der Waals surface area contributed by atoms with Gasteiger partial charge in [-0.2, -0.15) is 25.3 Å². The zero-order valence-corrected chi connectivity index (χ0v) is 11.6. The number of hydrogen-bond donors (Lipinski definition) is 6. The number of likely N-dealkylation sites (N-methyl/N-ethyl adjacent to an activating group) is 2. The van der Waals surface area contributed by atoms with Crippen LogP contribution >= 0.6 is 25.3 Å². The highest BCUT2D eigenvalue weighted by Crippen LogP contribution is 2.06. The van der Waals surface area contributed by atoms with Gasteiger partial charge in [-0.05, 0) is 21.0 Å². The summed E-state index contributed by atoms with van der Waals surface area (Å²) in [6.07, 6.45) is 0. The molecule has 2 atom stereocenters. The fourth-order valence-corrected chi connectivity index (χ4v) is 1.58. The Morgan fingerprint density at radius 2 is 1.73 bits per heavy atom. The number of nitrogens with two attached hydrogens (primary N) is 1. The Morgan fingerprint density at radius 1 is 1.13 bits per heavy atom. The van der Waals surface area contributed by atoms with Gasteiger partial charge in [0.05, 0.1) is 5.66 Å². The van der Waals surface area contributed by atoms with Crippen molar-refractivity contribution in [1.29, 1.82) is 0 Å². The van der Waals surface area contributed by atoms with E-state index in [1.165, 1.54) is 0 Å². The lowest BCUT2D eigenvalue weighted by Crippen LogP contribution is -2.65. The summed E-state index contributed by atoms with van der Waals surface area (Å²) in [4.78, 5) is 0. The number of nitrogens with one attached hydrogen (secondary N) is 3. The monoisotopic (exact) mass is 252 g/mol. The molecule has 0 aliphatic heterocycles. The van der Waals surface area contributed by atoms with Gasteiger partial charge in [0.2, 0.25) is 0 Å². The van der Waals surface area contributed by atoms with E-state index in [2.05, 4.69) is 48.1 Å². The third kappa shape index (κ3) is 5.42. The van der Waals surface area contributed by atoms with Gasteiger partial charge < -0.3 is 16.4 Å². The summed E-state index contributed by atoms with van der Waals surface area (Å²) in [5, 5.41) is 9.60. The Kier molecular flexibility index (Phi) is 7.23. The van der Waals surface area contributed by atoms with Crippen molar-refractivity contribution in [3.8, 4) is 0 Å². The molecule has 15 heavy (non-hydrogen) atoms. The summed E-state index contributed by atoms with van der Waals surface area (Å²) in [6.45, 7) is 3.54. The van der Waals surface area contributed by atoms with E-state index in [0.29, 0.717) is 12.3 Å². The summed E-state index contributed by atoms with van der Waals surface area (Å²) >= 11 is 8.57. The van der Waals surface area contributed by atoms with E-state index >= 15 is 0 Å². The zero-order chi connectivity index (χ0) is 11.9. The van der Waals surface area contributed by atoms with Crippen LogP contribution in [0.4, 0.5) is 0 Å². The van der Waals surface area contributed by atoms with Crippen LogP contribution in [-0.4, -0.2) is 49.9 Å². The van der Waals surface area contributed by atoms with Crippen LogP contribution in [0.3, 0.4) is 0 Å². The second-order valence-corrected chi connectivity index (χ2v) is 4.80. The molecule has 0 aromatic rings. The molecule has 0 aliphatic rings. The van der Waals surface area contributed by atoms with Gasteiger partial charge in [-0.1, -0.05) is 0 Å². The highest BCUT2D eigenvalue weighted by atomic mass is 32.1. The van der Waals surface area contributed by atoms with E-state index in [4.69, 9.17) is 5.73 Å². The lowest BCUT2D eigenvalue weighted by Gasteiger charge is -2.35. The van der Waals surface area contributed by atoms with Crippen LogP contribution in [0.1, 0.15) is 6.92 Å². The Hall–Kier alpha value is 0.540. The van der Waals surface area contributed by atoms with E-state index in [9.17, 15) is 0 Å². The first-order chi connectivity index (χ1) is 6.95. The largest absolute Gasteiger partial charge is 0.317 e. The normalized spacial score (nSPS) is 19.6. The number of rotatable bonds is 8. The average molecular weight is 252 g/mol. The van der Waals surface area contributed by atoms with Crippen molar-refractivity contribution < 1.29 is 0 Å². The minimum atomic E-state index is -0.473. The van der Waals surface area contributed by atoms with Crippen molar-refractivity contribution >= 4 is 25.3 Å². The first kappa shape index (κ1) is 15.5. The lowest BCUT2D eigenvalue weighted by molar-refractivity contribution is 0.305. The summed E-state index contributed by atoms with van der Waals surface area (Å²) in [5.41, 5.74) is 5.60. The molecular weight excluding hydrogens is 228 g/mol. The highest BCUT2D eigenvalue weighted by molar-refractivity contribution is 7.80. The van der Waals surface area contributed by atoms with Crippen LogP contribution in [0, 0.1) is 0 Å². The van der Waals surface area contributed by atoms with Crippen molar-refractivity contribution in [3.63, 3.8) is 0 Å². The second kappa shape index (κ2) is 6.98. The summed E-state index contributed by atoms with van der Waals surface area (Å²) in [5.74, 6) is 1.33. The lowest BCUT2D eigenvalue weighted by atomic mass is 10.0. The molecule has 0 radical (unpaired) electrons. The second-order valence-electron chi connectivity index (χ2n) is 4.17. The highest BCUT2D eigenvalue weighted by Gasteiger charge is 2.27. The molecule has 0 aromatic heterocycles. The molecule has 5 N–H and O–H groups in total. The van der Waals surface area contributed by atoms with Crippen molar-refractivity contribution in [1.82, 2.24) is 16.0 Å². The molecule has 0 saturated heterocycles. The van der Waals surface area contributed by atoms with Crippen molar-refractivity contribution in [2.45, 2.75) is 18.1 Å². The molecule has 0 spiro atoms. The zero-order valence-electron chi connectivity index (χ0n) is 9.80. The van der Waals surface area contributed by atoms with Crippen LogP contribution in [0.25, 0.3) is 0 Å². The van der Waals surface area contributed by atoms with E-state index in [-0.39, 0.29) is 5.54 Å². The van der Waals surface area contributed by atoms with Gasteiger partial charge in [-0.15, -0.1) is 0 Å². The van der Waals surface area contributed by atoms with Gasteiger partial charge in [-0.25, -0.2) is 0 Å². The van der Waals surface area contributed by atoms with E-state index in [0.717, 1.165) is 12.3 Å². The molecule has 0 aliphatic carbocycles. The van der Waals surface area contributed by atoms with Gasteiger partial charge in [0.1, 0.15) is 0 Å². The molecule has 0 bridgehead atoms. The Balaban J connectivity index is 4.20. The van der Waals surface area contributed by atoms with Crippen molar-refractivity contribution in [3.05, 3.63) is 0 Å². The number of thiol groups is 2. The first-order valence-corrected chi connectivity index (χ1v) is 6.31. The van der Waals surface area contributed by atoms with Crippen molar-refractivity contribution in [2.24, 2.45) is 5.73 Å². The maximum Gasteiger partial charge on any atom is 0.0880 e. The van der Waals surface area contributed by atoms with E-state index in [1.54, 1.807) is 0 Å². The van der Waals surface area contributed by atoms with E-state index < -0.39 is 5.66 Å². The molecule has 0 fully saturated rings. The molecular formula is C9H24N4S2. The minimum Gasteiger partial charge on any atom is -0.317 e. The van der Waals surface area contributed by atoms with Crippen LogP contribution in [0.2, 0.25) is 0 Å². The molecule has 0 saturated carbocycles. The molecule has 0 rings (SSSR count). The average Bonchev–Trinajstić information content (AvgIpc) is 2.26. The standard InChI is InChI=1S/C9H24N4S2/c1-8(6-14,12-3)4-13-9(10,7-15)5-11-2/h11-15H,4-7,10H2,1-3H3/t8-,9?/m0/s1. The fourth-order valence-electron chi connectivity index (χ4n) is 1.08. The van der Waals surface area contributed by atoms with Gasteiger partial charge in [-0.3, -0.25) is 5.32 Å². The molecule has 0 amide bonds. The van der Waals surface area contributed by atoms with Gasteiger partial charge >= 0.3 is 0 Å². The van der Waals surface area contributed by atoms with E-state index in [1.807, 2.05) is 14.1 Å². The molecule has 6 heteroatoms. The SMILES string of the molecule is CNCC(N)(CS)NC[C@@](C)(CS)NC. The molecule has 1 unspecified atom stereocenters. The smallest absolute Gasteiger partial charge is 0.0880 e. The number of hydrogen-bond acceptors (Lipinski definition) is 6. The third-order valence-corrected chi connectivity index (χ3v) is 3.82. The summed E-state index contributed by atoms with van der Waals surface area (Å²) in [6, 6.07) is 0. The fraction of sp³-hybridized carbons (Fsp3) is 1.00. The molecule has 92 valence electrons. The van der Waals surface area contributed by atoms with Crippen LogP contribution in [-0.2, 0) is 0 Å². The maximum atomic E-state index is 6.12. The molecule has 0 aromatic carbocycles. The summed E-state index contributed by atoms with van der Waals surface area (Å²) in [7, 11) is 3.80. The minimum absolute atomic E-state index is 0.0512. The van der Waals surface area contributed by atoms with Crippen LogP contribution in [0.15, 0.2) is 0 Å². The van der Waals surface area contributed by atoms with Crippen LogP contribution in [0.5, 0.6) is 0 Å². The van der Waals surface area contributed by atoms with Crippen LogP contribution < -0.4 is 21.7 Å². The summed E-state index contributed by atoms with van der Waals surface area (Å²) < 4.78 is 0. The maximum absolute atomic E-state index is 6.12. The van der Waals surface area contributed by atoms with Gasteiger partial charge in [0, 0.05) is 30.1 Å². The third-order valence-electron chi connectivity index (χ3n) is 2.56. The topological polar surface area (TPSA) is 62.1 Å².